The lowest BCUT2D eigenvalue weighted by Crippen LogP contribution is -2.16. The van der Waals surface area contributed by atoms with Gasteiger partial charge >= 0.3 is 0 Å². The second kappa shape index (κ2) is 9.12. The van der Waals surface area contributed by atoms with Crippen molar-refractivity contribution in [3.05, 3.63) is 51.8 Å². The smallest absolute Gasteiger partial charge is 0.208 e. The van der Waals surface area contributed by atoms with Crippen LogP contribution >= 0.6 is 23.2 Å². The first-order chi connectivity index (χ1) is 13.4. The Labute approximate surface area is 175 Å². The molecule has 0 atom stereocenters. The van der Waals surface area contributed by atoms with Crippen LogP contribution in [0.4, 0.5) is 16.0 Å². The summed E-state index contributed by atoms with van der Waals surface area (Å²) in [5, 5.41) is 7.47. The van der Waals surface area contributed by atoms with Gasteiger partial charge in [0.1, 0.15) is 5.82 Å². The van der Waals surface area contributed by atoms with E-state index in [1.807, 2.05) is 7.05 Å². The van der Waals surface area contributed by atoms with Crippen LogP contribution in [0.15, 0.2) is 30.3 Å². The Hall–Kier alpha value is -1.82. The number of benzene rings is 2. The molecule has 2 N–H and O–H groups in total. The Morgan fingerprint density at radius 2 is 1.89 bits per heavy atom. The molecule has 150 valence electrons. The topological polar surface area (TPSA) is 41.9 Å². The summed E-state index contributed by atoms with van der Waals surface area (Å²) in [5.74, 6) is 0.988. The molecule has 1 heterocycles. The van der Waals surface area contributed by atoms with Gasteiger partial charge in [-0.1, -0.05) is 43.1 Å². The number of anilines is 2. The van der Waals surface area contributed by atoms with Gasteiger partial charge in [0.25, 0.3) is 0 Å². The summed E-state index contributed by atoms with van der Waals surface area (Å²) >= 11 is 12.5. The second-order valence-electron chi connectivity index (χ2n) is 7.36. The zero-order valence-electron chi connectivity index (χ0n) is 16.3. The molecule has 0 aliphatic heterocycles. The Morgan fingerprint density at radius 3 is 2.57 bits per heavy atom. The van der Waals surface area contributed by atoms with E-state index in [1.165, 1.54) is 6.07 Å². The van der Waals surface area contributed by atoms with E-state index >= 15 is 0 Å². The predicted octanol–water partition coefficient (Wildman–Crippen LogP) is 6.29. The van der Waals surface area contributed by atoms with Crippen molar-refractivity contribution in [1.82, 2.24) is 14.9 Å². The van der Waals surface area contributed by atoms with Crippen LogP contribution in [0.3, 0.4) is 0 Å². The minimum Gasteiger partial charge on any atom is -0.323 e. The van der Waals surface area contributed by atoms with Gasteiger partial charge in [-0.05, 0) is 43.5 Å². The molecule has 0 saturated carbocycles. The quantitative estimate of drug-likeness (QED) is 0.419. The number of para-hydroxylation sites is 1. The summed E-state index contributed by atoms with van der Waals surface area (Å²) in [4.78, 5) is 4.60. The molecule has 0 bridgehead atoms. The highest BCUT2D eigenvalue weighted by molar-refractivity contribution is 6.39. The van der Waals surface area contributed by atoms with Crippen LogP contribution in [0.1, 0.15) is 32.3 Å². The van der Waals surface area contributed by atoms with Crippen LogP contribution in [-0.4, -0.2) is 16.1 Å². The number of rotatable bonds is 8. The molecule has 4 nitrogen and oxygen atoms in total. The maximum Gasteiger partial charge on any atom is 0.208 e. The highest BCUT2D eigenvalue weighted by atomic mass is 35.5. The second-order valence-corrected chi connectivity index (χ2v) is 8.18. The van der Waals surface area contributed by atoms with E-state index in [4.69, 9.17) is 23.2 Å². The monoisotopic (exact) mass is 422 g/mol. The van der Waals surface area contributed by atoms with Crippen molar-refractivity contribution in [2.24, 2.45) is 13.0 Å². The third-order valence-electron chi connectivity index (χ3n) is 4.70. The SMILES string of the molecule is CC(C)CCCNCc1cc2nc(Nc3c(Cl)cccc3Cl)n(C)c2cc1F. The molecule has 0 spiro atoms. The van der Waals surface area contributed by atoms with Gasteiger partial charge in [-0.15, -0.1) is 0 Å². The number of aromatic nitrogens is 2. The standard InChI is InChI=1S/C21H25Cl2FN4/c1-13(2)6-5-9-25-12-14-10-18-19(11-17(14)24)28(3)21(26-18)27-20-15(22)7-4-8-16(20)23/h4,7-8,10-11,13,25H,5-6,9,12H2,1-3H3,(H,26,27). The molecule has 2 aromatic carbocycles. The van der Waals surface area contributed by atoms with Crippen molar-refractivity contribution in [1.29, 1.82) is 0 Å². The fourth-order valence-corrected chi connectivity index (χ4v) is 3.58. The highest BCUT2D eigenvalue weighted by Crippen LogP contribution is 2.33. The van der Waals surface area contributed by atoms with Gasteiger partial charge < -0.3 is 15.2 Å². The van der Waals surface area contributed by atoms with Gasteiger partial charge in [-0.25, -0.2) is 9.37 Å². The summed E-state index contributed by atoms with van der Waals surface area (Å²) < 4.78 is 16.3. The largest absolute Gasteiger partial charge is 0.323 e. The number of halogens is 3. The first-order valence-electron chi connectivity index (χ1n) is 9.43. The van der Waals surface area contributed by atoms with E-state index in [-0.39, 0.29) is 5.82 Å². The first-order valence-corrected chi connectivity index (χ1v) is 10.2. The van der Waals surface area contributed by atoms with Crippen molar-refractivity contribution >= 4 is 45.9 Å². The van der Waals surface area contributed by atoms with E-state index in [2.05, 4.69) is 29.5 Å². The molecule has 0 saturated heterocycles. The Kier molecular flexibility index (Phi) is 6.81. The van der Waals surface area contributed by atoms with Gasteiger partial charge in [0.05, 0.1) is 26.8 Å². The Morgan fingerprint density at radius 1 is 1.18 bits per heavy atom. The number of aryl methyl sites for hydroxylation is 1. The molecule has 28 heavy (non-hydrogen) atoms. The van der Waals surface area contributed by atoms with Gasteiger partial charge in [0.15, 0.2) is 0 Å². The zero-order valence-corrected chi connectivity index (χ0v) is 17.8. The fourth-order valence-electron chi connectivity index (χ4n) is 3.09. The molecule has 0 fully saturated rings. The highest BCUT2D eigenvalue weighted by Gasteiger charge is 2.14. The van der Waals surface area contributed by atoms with Crippen molar-refractivity contribution < 1.29 is 4.39 Å². The molecule has 0 unspecified atom stereocenters. The van der Waals surface area contributed by atoms with Crippen molar-refractivity contribution in [3.63, 3.8) is 0 Å². The number of hydrogen-bond acceptors (Lipinski definition) is 3. The average Bonchev–Trinajstić information content (AvgIpc) is 2.93. The molecule has 0 radical (unpaired) electrons. The summed E-state index contributed by atoms with van der Waals surface area (Å²) in [5.41, 5.74) is 2.61. The first kappa shape index (κ1) is 20.9. The fraction of sp³-hybridized carbons (Fsp3) is 0.381. The van der Waals surface area contributed by atoms with Crippen LogP contribution in [-0.2, 0) is 13.6 Å². The summed E-state index contributed by atoms with van der Waals surface area (Å²) in [6.45, 7) is 5.76. The zero-order chi connectivity index (χ0) is 20.3. The van der Waals surface area contributed by atoms with E-state index in [1.54, 1.807) is 28.8 Å². The molecule has 0 aliphatic carbocycles. The summed E-state index contributed by atoms with van der Waals surface area (Å²) in [6, 6.07) is 8.59. The van der Waals surface area contributed by atoms with E-state index in [9.17, 15) is 4.39 Å². The number of fused-ring (bicyclic) bond motifs is 1. The molecule has 0 aliphatic rings. The van der Waals surface area contributed by atoms with Crippen LogP contribution in [0, 0.1) is 11.7 Å². The van der Waals surface area contributed by atoms with Crippen LogP contribution in [0.25, 0.3) is 11.0 Å². The number of nitrogens with one attached hydrogen (secondary N) is 2. The van der Waals surface area contributed by atoms with Gasteiger partial charge in [0, 0.05) is 25.2 Å². The normalized spacial score (nSPS) is 11.5. The maximum absolute atomic E-state index is 14.6. The van der Waals surface area contributed by atoms with Crippen LogP contribution < -0.4 is 10.6 Å². The Balaban J connectivity index is 1.79. The molecule has 0 amide bonds. The summed E-state index contributed by atoms with van der Waals surface area (Å²) in [6.07, 6.45) is 2.24. The minimum absolute atomic E-state index is 0.241. The lowest BCUT2D eigenvalue weighted by atomic mass is 10.1. The minimum atomic E-state index is -0.241. The van der Waals surface area contributed by atoms with Gasteiger partial charge in [0.2, 0.25) is 5.95 Å². The molecule has 7 heteroatoms. The van der Waals surface area contributed by atoms with Crippen LogP contribution in [0.2, 0.25) is 10.0 Å². The van der Waals surface area contributed by atoms with Gasteiger partial charge in [-0.3, -0.25) is 0 Å². The molecule has 3 rings (SSSR count). The number of hydrogen-bond donors (Lipinski definition) is 2. The van der Waals surface area contributed by atoms with Gasteiger partial charge in [-0.2, -0.15) is 0 Å². The van der Waals surface area contributed by atoms with Crippen molar-refractivity contribution in [3.8, 4) is 0 Å². The predicted molar refractivity (Wildman–Crippen MR) is 116 cm³/mol. The number of nitrogens with zero attached hydrogens (tertiary/aromatic N) is 2. The molecule has 3 aromatic rings. The lowest BCUT2D eigenvalue weighted by molar-refractivity contribution is 0.521. The third-order valence-corrected chi connectivity index (χ3v) is 5.33. The van der Waals surface area contributed by atoms with Crippen LogP contribution in [0.5, 0.6) is 0 Å². The van der Waals surface area contributed by atoms with Crippen molar-refractivity contribution in [2.75, 3.05) is 11.9 Å². The molecular formula is C21H25Cl2FN4. The maximum atomic E-state index is 14.6. The summed E-state index contributed by atoms with van der Waals surface area (Å²) in [7, 11) is 1.83. The average molecular weight is 423 g/mol. The molecule has 1 aromatic heterocycles. The Bertz CT molecular complexity index is 948. The van der Waals surface area contributed by atoms with E-state index in [0.29, 0.717) is 50.7 Å². The molecular weight excluding hydrogens is 398 g/mol. The lowest BCUT2D eigenvalue weighted by Gasteiger charge is -2.10. The van der Waals surface area contributed by atoms with E-state index < -0.39 is 0 Å². The number of imidazole rings is 1. The third kappa shape index (κ3) is 4.77. The van der Waals surface area contributed by atoms with Crippen molar-refractivity contribution in [2.45, 2.75) is 33.2 Å². The van der Waals surface area contributed by atoms with E-state index in [0.717, 1.165) is 19.4 Å².